The van der Waals surface area contributed by atoms with Crippen molar-refractivity contribution < 1.29 is 25.5 Å². The van der Waals surface area contributed by atoms with Crippen LogP contribution in [0.3, 0.4) is 0 Å². The lowest BCUT2D eigenvalue weighted by Crippen LogP contribution is -2.52. The molecule has 0 aromatic rings. The second-order valence-electron chi connectivity index (χ2n) is 11.3. The van der Waals surface area contributed by atoms with E-state index in [1.165, 1.54) is 0 Å². The summed E-state index contributed by atoms with van der Waals surface area (Å²) in [6.45, 7) is 8.41. The quantitative estimate of drug-likeness (QED) is 0.489. The van der Waals surface area contributed by atoms with E-state index in [1.54, 1.807) is 0 Å². The van der Waals surface area contributed by atoms with Crippen LogP contribution in [0, 0.1) is 47.3 Å². The van der Waals surface area contributed by atoms with Crippen LogP contribution in [-0.2, 0) is 0 Å². The van der Waals surface area contributed by atoms with Gasteiger partial charge in [0.05, 0.1) is 24.4 Å². The van der Waals surface area contributed by atoms with Crippen LogP contribution in [0.1, 0.15) is 72.6 Å². The third-order valence-corrected chi connectivity index (χ3v) is 8.70. The van der Waals surface area contributed by atoms with Gasteiger partial charge in [-0.15, -0.1) is 0 Å². The lowest BCUT2D eigenvalue weighted by molar-refractivity contribution is -0.145. The zero-order chi connectivity index (χ0) is 21.5. The molecule has 8 unspecified atom stereocenters. The Morgan fingerprint density at radius 1 is 0.448 bits per heavy atom. The molecule has 0 amide bonds. The zero-order valence-electron chi connectivity index (χ0n) is 18.7. The molecule has 5 N–H and O–H groups in total. The van der Waals surface area contributed by atoms with Gasteiger partial charge in [0, 0.05) is 0 Å². The van der Waals surface area contributed by atoms with Gasteiger partial charge >= 0.3 is 0 Å². The molecule has 0 heterocycles. The van der Waals surface area contributed by atoms with E-state index in [1.807, 2.05) is 0 Å². The molecule has 3 aliphatic carbocycles. The molecular weight excluding hydrogens is 368 g/mol. The average molecular weight is 413 g/mol. The number of hydrogen-bond donors (Lipinski definition) is 5. The maximum Gasteiger partial charge on any atom is 0.106 e. The molecular formula is C24H44O5. The van der Waals surface area contributed by atoms with Crippen molar-refractivity contribution in [2.75, 3.05) is 0 Å². The van der Waals surface area contributed by atoms with Crippen LogP contribution < -0.4 is 0 Å². The van der Waals surface area contributed by atoms with Crippen LogP contribution in [0.5, 0.6) is 0 Å². The van der Waals surface area contributed by atoms with Crippen molar-refractivity contribution in [2.45, 2.75) is 103 Å². The first-order valence-electron chi connectivity index (χ1n) is 12.0. The number of aliphatic hydroxyl groups excluding tert-OH is 5. The van der Waals surface area contributed by atoms with E-state index in [0.29, 0.717) is 11.8 Å². The molecule has 0 spiro atoms. The monoisotopic (exact) mass is 412 g/mol. The lowest BCUT2D eigenvalue weighted by Gasteiger charge is -2.45. The Kier molecular flexibility index (Phi) is 7.70. The van der Waals surface area contributed by atoms with E-state index in [0.717, 1.165) is 44.9 Å². The maximum absolute atomic E-state index is 10.7. The summed E-state index contributed by atoms with van der Waals surface area (Å²) in [5.41, 5.74) is 0. The molecule has 0 aromatic carbocycles. The molecule has 5 nitrogen and oxygen atoms in total. The predicted molar refractivity (Wildman–Crippen MR) is 113 cm³/mol. The van der Waals surface area contributed by atoms with Gasteiger partial charge in [-0.05, 0) is 92.3 Å². The summed E-state index contributed by atoms with van der Waals surface area (Å²) in [4.78, 5) is 0. The van der Waals surface area contributed by atoms with Crippen molar-refractivity contribution in [1.82, 2.24) is 0 Å². The second kappa shape index (κ2) is 9.52. The minimum absolute atomic E-state index is 0.00192. The highest BCUT2D eigenvalue weighted by Gasteiger charge is 2.45. The van der Waals surface area contributed by atoms with Crippen LogP contribution >= 0.6 is 0 Å². The second-order valence-corrected chi connectivity index (χ2v) is 11.3. The van der Waals surface area contributed by atoms with E-state index in [4.69, 9.17) is 0 Å². The van der Waals surface area contributed by atoms with Gasteiger partial charge in [0.2, 0.25) is 0 Å². The topological polar surface area (TPSA) is 101 Å². The highest BCUT2D eigenvalue weighted by molar-refractivity contribution is 4.96. The Morgan fingerprint density at radius 3 is 1.07 bits per heavy atom. The first-order chi connectivity index (χ1) is 13.6. The molecule has 0 radical (unpaired) electrons. The molecule has 170 valence electrons. The normalized spacial score (nSPS) is 54.3. The van der Waals surface area contributed by atoms with Gasteiger partial charge in [0.1, 0.15) is 6.10 Å². The van der Waals surface area contributed by atoms with Crippen LogP contribution in [0.4, 0.5) is 0 Å². The fourth-order valence-electron chi connectivity index (χ4n) is 7.11. The van der Waals surface area contributed by atoms with E-state index in [-0.39, 0.29) is 47.7 Å². The Morgan fingerprint density at radius 2 is 0.759 bits per heavy atom. The highest BCUT2D eigenvalue weighted by Crippen LogP contribution is 2.44. The Bertz CT molecular complexity index is 459. The number of aliphatic hydroxyl groups is 5. The first kappa shape index (κ1) is 23.5. The van der Waals surface area contributed by atoms with Crippen LogP contribution in [0.2, 0.25) is 0 Å². The zero-order valence-corrected chi connectivity index (χ0v) is 18.7. The first-order valence-corrected chi connectivity index (χ1v) is 12.0. The Hall–Kier alpha value is -0.200. The molecule has 0 saturated heterocycles. The smallest absolute Gasteiger partial charge is 0.106 e. The van der Waals surface area contributed by atoms with Crippen LogP contribution in [0.25, 0.3) is 0 Å². The fourth-order valence-corrected chi connectivity index (χ4v) is 7.11. The molecule has 3 fully saturated rings. The largest absolute Gasteiger partial charge is 0.393 e. The van der Waals surface area contributed by atoms with Crippen molar-refractivity contribution in [2.24, 2.45) is 47.3 Å². The van der Waals surface area contributed by atoms with Gasteiger partial charge in [-0.25, -0.2) is 0 Å². The van der Waals surface area contributed by atoms with Crippen molar-refractivity contribution >= 4 is 0 Å². The van der Waals surface area contributed by atoms with E-state index in [9.17, 15) is 25.5 Å². The molecule has 3 aliphatic rings. The third kappa shape index (κ3) is 5.17. The fraction of sp³-hybridized carbons (Fsp3) is 1.00. The predicted octanol–water partition coefficient (Wildman–Crippen LogP) is 2.57. The van der Waals surface area contributed by atoms with Gasteiger partial charge < -0.3 is 25.5 Å². The van der Waals surface area contributed by atoms with Gasteiger partial charge in [0.25, 0.3) is 0 Å². The van der Waals surface area contributed by atoms with Gasteiger partial charge in [-0.3, -0.25) is 0 Å². The summed E-state index contributed by atoms with van der Waals surface area (Å²) in [5.74, 6) is 2.00. The Balaban J connectivity index is 1.62. The van der Waals surface area contributed by atoms with Gasteiger partial charge in [0.15, 0.2) is 0 Å². The summed E-state index contributed by atoms with van der Waals surface area (Å²) in [7, 11) is 0. The average Bonchev–Trinajstić information content (AvgIpc) is 2.66. The van der Waals surface area contributed by atoms with E-state index >= 15 is 0 Å². The standard InChI is InChI=1S/C24H44O5/c1-12-5-16(6-13(2)20(12)25)9-18-11-19(23(28)24(29)22(18)27)10-17-7-14(3)21(26)15(4)8-17/h12-29H,5-11H2,1-4H3. The summed E-state index contributed by atoms with van der Waals surface area (Å²) < 4.78 is 0. The number of hydrogen-bond acceptors (Lipinski definition) is 5. The molecule has 3 saturated carbocycles. The summed E-state index contributed by atoms with van der Waals surface area (Å²) in [6, 6.07) is 0. The molecule has 0 aliphatic heterocycles. The highest BCUT2D eigenvalue weighted by atomic mass is 16.4. The lowest BCUT2D eigenvalue weighted by atomic mass is 9.64. The SMILES string of the molecule is CC1CC(CC2CC(CC3CC(C)C(O)C(C)C3)C(O)C(O)C2O)CC(C)C1O. The summed E-state index contributed by atoms with van der Waals surface area (Å²) in [5, 5.41) is 52.4. The summed E-state index contributed by atoms with van der Waals surface area (Å²) >= 11 is 0. The summed E-state index contributed by atoms with van der Waals surface area (Å²) in [6.07, 6.45) is 3.03. The molecule has 8 atom stereocenters. The Labute approximate surface area is 176 Å². The van der Waals surface area contributed by atoms with Gasteiger partial charge in [-0.1, -0.05) is 27.7 Å². The van der Waals surface area contributed by atoms with Crippen molar-refractivity contribution in [3.05, 3.63) is 0 Å². The van der Waals surface area contributed by atoms with Crippen molar-refractivity contribution in [3.63, 3.8) is 0 Å². The molecule has 3 rings (SSSR count). The van der Waals surface area contributed by atoms with Gasteiger partial charge in [-0.2, -0.15) is 0 Å². The van der Waals surface area contributed by atoms with Crippen molar-refractivity contribution in [3.8, 4) is 0 Å². The van der Waals surface area contributed by atoms with Crippen LogP contribution in [0.15, 0.2) is 0 Å². The van der Waals surface area contributed by atoms with Crippen molar-refractivity contribution in [1.29, 1.82) is 0 Å². The molecule has 29 heavy (non-hydrogen) atoms. The minimum atomic E-state index is -1.08. The molecule has 0 aromatic heterocycles. The maximum atomic E-state index is 10.7. The van der Waals surface area contributed by atoms with Crippen LogP contribution in [-0.4, -0.2) is 56.1 Å². The minimum Gasteiger partial charge on any atom is -0.393 e. The molecule has 0 bridgehead atoms. The third-order valence-electron chi connectivity index (χ3n) is 8.70. The van der Waals surface area contributed by atoms with E-state index in [2.05, 4.69) is 27.7 Å². The molecule has 5 heteroatoms. The number of rotatable bonds is 4. The van der Waals surface area contributed by atoms with E-state index < -0.39 is 18.3 Å².